The van der Waals surface area contributed by atoms with E-state index in [0.29, 0.717) is 28.7 Å². The van der Waals surface area contributed by atoms with E-state index in [9.17, 15) is 13.6 Å². The minimum absolute atomic E-state index is 0.0105. The zero-order valence-electron chi connectivity index (χ0n) is 15.9. The van der Waals surface area contributed by atoms with Gasteiger partial charge in [0.05, 0.1) is 28.8 Å². The number of primary amides is 1. The van der Waals surface area contributed by atoms with E-state index in [2.05, 4.69) is 15.3 Å². The molecular weight excluding hydrogens is 392 g/mol. The first-order chi connectivity index (χ1) is 14.4. The van der Waals surface area contributed by atoms with Crippen molar-refractivity contribution in [3.63, 3.8) is 0 Å². The van der Waals surface area contributed by atoms with Crippen LogP contribution in [0.2, 0.25) is 0 Å². The number of anilines is 2. The Hall–Kier alpha value is -4.01. The molecule has 0 aliphatic heterocycles. The molecule has 1 amide bonds. The Bertz CT molecular complexity index is 1260. The molecule has 2 heterocycles. The topological polar surface area (TPSA) is 95.1 Å². The van der Waals surface area contributed by atoms with Gasteiger partial charge in [-0.15, -0.1) is 0 Å². The highest BCUT2D eigenvalue weighted by molar-refractivity contribution is 5.81. The lowest BCUT2D eigenvalue weighted by Gasteiger charge is -2.07. The Balaban J connectivity index is 1.60. The number of hydrogen-bond donors (Lipinski definition) is 2. The highest BCUT2D eigenvalue weighted by atomic mass is 19.1. The van der Waals surface area contributed by atoms with Crippen LogP contribution >= 0.6 is 0 Å². The zero-order valence-corrected chi connectivity index (χ0v) is 15.9. The number of carbonyl (C=O) groups is 1. The maximum Gasteiger partial charge on any atom is 0.223 e. The molecule has 9 heteroatoms. The first-order valence-electron chi connectivity index (χ1n) is 8.98. The fraction of sp³-hybridized carbons (Fsp3) is 0.0952. The molecule has 0 fully saturated rings. The summed E-state index contributed by atoms with van der Waals surface area (Å²) in [4.78, 5) is 19.6. The van der Waals surface area contributed by atoms with Gasteiger partial charge >= 0.3 is 0 Å². The molecule has 2 aromatic heterocycles. The third-order valence-electron chi connectivity index (χ3n) is 4.41. The second-order valence-electron chi connectivity index (χ2n) is 6.62. The molecule has 0 aliphatic rings. The molecule has 0 bridgehead atoms. The number of carbonyl (C=O) groups excluding carboxylic acids is 1. The number of rotatable bonds is 6. The smallest absolute Gasteiger partial charge is 0.223 e. The van der Waals surface area contributed by atoms with E-state index in [0.717, 1.165) is 23.7 Å². The normalized spacial score (nSPS) is 10.9. The molecule has 0 unspecified atom stereocenters. The lowest BCUT2D eigenvalue weighted by Crippen LogP contribution is -2.14. The minimum Gasteiger partial charge on any atom is -0.457 e. The van der Waals surface area contributed by atoms with Gasteiger partial charge in [0, 0.05) is 31.4 Å². The van der Waals surface area contributed by atoms with E-state index in [4.69, 9.17) is 10.5 Å². The van der Waals surface area contributed by atoms with Gasteiger partial charge in [0.25, 0.3) is 0 Å². The fourth-order valence-corrected chi connectivity index (χ4v) is 3.00. The molecule has 0 saturated carbocycles. The Morgan fingerprint density at radius 2 is 1.93 bits per heavy atom. The Morgan fingerprint density at radius 1 is 1.13 bits per heavy atom. The van der Waals surface area contributed by atoms with E-state index < -0.39 is 17.5 Å². The molecule has 0 spiro atoms. The van der Waals surface area contributed by atoms with Crippen LogP contribution in [0.25, 0.3) is 11.0 Å². The fourth-order valence-electron chi connectivity index (χ4n) is 3.00. The monoisotopic (exact) mass is 409 g/mol. The molecule has 0 saturated heterocycles. The molecular formula is C21H17F2N5O2. The number of imidazole rings is 1. The molecule has 4 rings (SSSR count). The zero-order chi connectivity index (χ0) is 21.3. The summed E-state index contributed by atoms with van der Waals surface area (Å²) in [5.41, 5.74) is 7.06. The molecule has 152 valence electrons. The van der Waals surface area contributed by atoms with Gasteiger partial charge in [-0.1, -0.05) is 0 Å². The Morgan fingerprint density at radius 3 is 2.73 bits per heavy atom. The molecule has 0 atom stereocenters. The summed E-state index contributed by atoms with van der Waals surface area (Å²) in [5, 5.41) is 2.81. The van der Waals surface area contributed by atoms with Gasteiger partial charge < -0.3 is 20.4 Å². The number of amides is 1. The van der Waals surface area contributed by atoms with Crippen molar-refractivity contribution in [2.75, 3.05) is 5.32 Å². The Labute approximate surface area is 170 Å². The third kappa shape index (κ3) is 4.04. The van der Waals surface area contributed by atoms with Crippen LogP contribution in [-0.2, 0) is 18.3 Å². The lowest BCUT2D eigenvalue weighted by atomic mass is 10.2. The van der Waals surface area contributed by atoms with Crippen LogP contribution in [0.15, 0.2) is 54.7 Å². The van der Waals surface area contributed by atoms with Gasteiger partial charge in [-0.25, -0.2) is 13.8 Å². The number of aryl methyl sites for hydroxylation is 1. The summed E-state index contributed by atoms with van der Waals surface area (Å²) in [6, 6.07) is 11.7. The number of nitrogens with two attached hydrogens (primary N) is 1. The summed E-state index contributed by atoms with van der Waals surface area (Å²) in [5.74, 6) is -0.265. The highest BCUT2D eigenvalue weighted by Crippen LogP contribution is 2.29. The van der Waals surface area contributed by atoms with Gasteiger partial charge in [-0.2, -0.15) is 0 Å². The molecule has 7 nitrogen and oxygen atoms in total. The predicted molar refractivity (Wildman–Crippen MR) is 108 cm³/mol. The van der Waals surface area contributed by atoms with Gasteiger partial charge in [0.15, 0.2) is 0 Å². The minimum atomic E-state index is -0.586. The van der Waals surface area contributed by atoms with Crippen LogP contribution < -0.4 is 15.8 Å². The third-order valence-corrected chi connectivity index (χ3v) is 4.41. The Kier molecular flexibility index (Phi) is 5.01. The average Bonchev–Trinajstić information content (AvgIpc) is 2.99. The van der Waals surface area contributed by atoms with Crippen molar-refractivity contribution in [2.45, 2.75) is 6.42 Å². The van der Waals surface area contributed by atoms with E-state index in [-0.39, 0.29) is 12.1 Å². The second kappa shape index (κ2) is 7.78. The van der Waals surface area contributed by atoms with Crippen molar-refractivity contribution < 1.29 is 18.3 Å². The SMILES string of the molecule is Cn1c(Nc2cc(F)ccc2F)nc2cc(Oc3ccnc(CC(N)=O)c3)ccc21. The van der Waals surface area contributed by atoms with Crippen molar-refractivity contribution in [3.8, 4) is 11.5 Å². The van der Waals surface area contributed by atoms with Crippen molar-refractivity contribution in [1.82, 2.24) is 14.5 Å². The van der Waals surface area contributed by atoms with E-state index in [1.165, 1.54) is 6.20 Å². The highest BCUT2D eigenvalue weighted by Gasteiger charge is 2.12. The van der Waals surface area contributed by atoms with Crippen molar-refractivity contribution in [3.05, 3.63) is 72.1 Å². The van der Waals surface area contributed by atoms with E-state index >= 15 is 0 Å². The number of benzene rings is 2. The van der Waals surface area contributed by atoms with Gasteiger partial charge in [-0.05, 0) is 30.3 Å². The van der Waals surface area contributed by atoms with Crippen molar-refractivity contribution in [2.24, 2.45) is 12.8 Å². The van der Waals surface area contributed by atoms with Gasteiger partial charge in [0.1, 0.15) is 23.1 Å². The summed E-state index contributed by atoms with van der Waals surface area (Å²) < 4.78 is 34.9. The largest absolute Gasteiger partial charge is 0.457 e. The van der Waals surface area contributed by atoms with Crippen LogP contribution in [0.1, 0.15) is 5.69 Å². The van der Waals surface area contributed by atoms with Crippen LogP contribution in [0.5, 0.6) is 11.5 Å². The first kappa shape index (κ1) is 19.3. The summed E-state index contributed by atoms with van der Waals surface area (Å²) in [6.45, 7) is 0. The number of fused-ring (bicyclic) bond motifs is 1. The number of hydrogen-bond acceptors (Lipinski definition) is 5. The number of aromatic nitrogens is 3. The van der Waals surface area contributed by atoms with Gasteiger partial charge in [-0.3, -0.25) is 9.78 Å². The van der Waals surface area contributed by atoms with Crippen molar-refractivity contribution >= 4 is 28.6 Å². The van der Waals surface area contributed by atoms with E-state index in [1.807, 2.05) is 0 Å². The molecule has 4 aromatic rings. The molecule has 30 heavy (non-hydrogen) atoms. The number of nitrogens with one attached hydrogen (secondary N) is 1. The van der Waals surface area contributed by atoms with Crippen LogP contribution in [0, 0.1) is 11.6 Å². The maximum atomic E-state index is 13.9. The molecule has 3 N–H and O–H groups in total. The number of pyridine rings is 1. The summed E-state index contributed by atoms with van der Waals surface area (Å²) in [6.07, 6.45) is 1.55. The average molecular weight is 409 g/mol. The number of nitrogens with zero attached hydrogens (tertiary/aromatic N) is 3. The van der Waals surface area contributed by atoms with Crippen LogP contribution in [0.3, 0.4) is 0 Å². The van der Waals surface area contributed by atoms with E-state index in [1.54, 1.807) is 41.9 Å². The lowest BCUT2D eigenvalue weighted by molar-refractivity contribution is -0.117. The molecule has 2 aromatic carbocycles. The quantitative estimate of drug-likeness (QED) is 0.505. The molecule has 0 radical (unpaired) electrons. The van der Waals surface area contributed by atoms with Crippen LogP contribution in [0.4, 0.5) is 20.4 Å². The number of ether oxygens (including phenoxy) is 1. The summed E-state index contributed by atoms with van der Waals surface area (Å²) >= 11 is 0. The van der Waals surface area contributed by atoms with Crippen LogP contribution in [-0.4, -0.2) is 20.4 Å². The van der Waals surface area contributed by atoms with Gasteiger partial charge in [0.2, 0.25) is 11.9 Å². The standard InChI is InChI=1S/C21H17F2N5O2/c1-28-19-5-3-14(30-15-6-7-25-13(9-15)10-20(24)29)11-18(19)27-21(28)26-17-8-12(22)2-4-16(17)23/h2-9,11H,10H2,1H3,(H2,24,29)(H,26,27). The van der Waals surface area contributed by atoms with Crippen molar-refractivity contribution in [1.29, 1.82) is 0 Å². The molecule has 0 aliphatic carbocycles. The maximum absolute atomic E-state index is 13.9. The second-order valence-corrected chi connectivity index (χ2v) is 6.62. The number of halogens is 2. The summed E-state index contributed by atoms with van der Waals surface area (Å²) in [7, 11) is 1.76. The predicted octanol–water partition coefficient (Wildman–Crippen LogP) is 3.81. The first-order valence-corrected chi connectivity index (χ1v) is 8.98.